The molecule has 1 aliphatic heterocycles. The van der Waals surface area contributed by atoms with Crippen molar-refractivity contribution in [2.24, 2.45) is 0 Å². The Labute approximate surface area is 152 Å². The van der Waals surface area contributed by atoms with Crippen LogP contribution in [-0.4, -0.2) is 47.9 Å². The van der Waals surface area contributed by atoms with Gasteiger partial charge in [-0.2, -0.15) is 0 Å². The van der Waals surface area contributed by atoms with Gasteiger partial charge in [0.2, 0.25) is 5.91 Å². The minimum atomic E-state index is -0.0968. The summed E-state index contributed by atoms with van der Waals surface area (Å²) in [7, 11) is 2.06. The Morgan fingerprint density at radius 3 is 2.48 bits per heavy atom. The fraction of sp³-hybridized carbons (Fsp3) is 0.667. The molecule has 1 N–H and O–H groups in total. The number of nitrogens with zero attached hydrogens (tertiary/aromatic N) is 2. The number of amides is 1. The van der Waals surface area contributed by atoms with Crippen LogP contribution in [-0.2, 0) is 17.9 Å². The molecule has 1 aromatic carbocycles. The van der Waals surface area contributed by atoms with E-state index in [0.29, 0.717) is 6.04 Å². The molecule has 1 saturated heterocycles. The average Bonchev–Trinajstić information content (AvgIpc) is 3.30. The van der Waals surface area contributed by atoms with Crippen molar-refractivity contribution in [2.75, 3.05) is 20.1 Å². The number of rotatable bonds is 7. The number of likely N-dealkylation sites (tertiary alicyclic amines) is 1. The zero-order valence-electron chi connectivity index (χ0n) is 15.8. The molecule has 25 heavy (non-hydrogen) atoms. The first-order chi connectivity index (χ1) is 12.1. The molecular formula is C21H33N3O. The molecule has 4 heteroatoms. The second kappa shape index (κ2) is 8.81. The summed E-state index contributed by atoms with van der Waals surface area (Å²) in [5.41, 5.74) is 2.75. The van der Waals surface area contributed by atoms with E-state index >= 15 is 0 Å². The number of carbonyl (C=O) groups is 1. The monoisotopic (exact) mass is 343 g/mol. The van der Waals surface area contributed by atoms with Crippen molar-refractivity contribution in [1.29, 1.82) is 0 Å². The third kappa shape index (κ3) is 5.05. The van der Waals surface area contributed by atoms with Gasteiger partial charge < -0.3 is 5.32 Å². The van der Waals surface area contributed by atoms with Crippen molar-refractivity contribution in [3.63, 3.8) is 0 Å². The van der Waals surface area contributed by atoms with Crippen LogP contribution in [0.3, 0.4) is 0 Å². The van der Waals surface area contributed by atoms with E-state index in [2.05, 4.69) is 46.4 Å². The van der Waals surface area contributed by atoms with Gasteiger partial charge in [0.15, 0.2) is 0 Å². The molecule has 3 rings (SSSR count). The maximum atomic E-state index is 12.5. The number of likely N-dealkylation sites (N-methyl/N-ethyl adjacent to an activating group) is 1. The first-order valence-electron chi connectivity index (χ1n) is 9.93. The second-order valence-electron chi connectivity index (χ2n) is 7.83. The Morgan fingerprint density at radius 2 is 1.80 bits per heavy atom. The van der Waals surface area contributed by atoms with Gasteiger partial charge in [-0.1, -0.05) is 37.1 Å². The van der Waals surface area contributed by atoms with E-state index in [4.69, 9.17) is 0 Å². The van der Waals surface area contributed by atoms with Crippen LogP contribution in [0.2, 0.25) is 0 Å². The molecule has 1 saturated carbocycles. The largest absolute Gasteiger partial charge is 0.352 e. The van der Waals surface area contributed by atoms with Crippen LogP contribution in [0.25, 0.3) is 0 Å². The highest BCUT2D eigenvalue weighted by molar-refractivity contribution is 5.81. The van der Waals surface area contributed by atoms with E-state index < -0.39 is 0 Å². The highest BCUT2D eigenvalue weighted by Crippen LogP contribution is 2.19. The van der Waals surface area contributed by atoms with Gasteiger partial charge in [0.1, 0.15) is 0 Å². The van der Waals surface area contributed by atoms with Crippen LogP contribution < -0.4 is 5.32 Å². The van der Waals surface area contributed by atoms with Gasteiger partial charge in [-0.05, 0) is 63.9 Å². The SMILES string of the molecule is CC(C(=O)NC1CCCC1)N(C)Cc1ccccc1CN1CCCC1. The summed E-state index contributed by atoms with van der Waals surface area (Å²) in [5.74, 6) is 0.173. The summed E-state index contributed by atoms with van der Waals surface area (Å²) in [4.78, 5) is 17.2. The fourth-order valence-electron chi connectivity index (χ4n) is 4.05. The fourth-order valence-corrected chi connectivity index (χ4v) is 4.05. The highest BCUT2D eigenvalue weighted by atomic mass is 16.2. The number of carbonyl (C=O) groups excluding carboxylic acids is 1. The zero-order chi connectivity index (χ0) is 17.6. The minimum Gasteiger partial charge on any atom is -0.352 e. The standard InChI is InChI=1S/C21H33N3O/c1-17(21(25)22-20-11-5-6-12-20)23(2)15-18-9-3-4-10-19(18)16-24-13-7-8-14-24/h3-4,9-10,17,20H,5-8,11-16H2,1-2H3,(H,22,25). The summed E-state index contributed by atoms with van der Waals surface area (Å²) in [6.45, 7) is 6.30. The predicted octanol–water partition coefficient (Wildman–Crippen LogP) is 3.16. The number of nitrogens with one attached hydrogen (secondary N) is 1. The molecular weight excluding hydrogens is 310 g/mol. The number of hydrogen-bond donors (Lipinski definition) is 1. The quantitative estimate of drug-likeness (QED) is 0.826. The maximum absolute atomic E-state index is 12.5. The lowest BCUT2D eigenvalue weighted by atomic mass is 10.1. The molecule has 1 unspecified atom stereocenters. The molecule has 1 aromatic rings. The number of hydrogen-bond acceptors (Lipinski definition) is 3. The van der Waals surface area contributed by atoms with Gasteiger partial charge >= 0.3 is 0 Å². The molecule has 0 spiro atoms. The predicted molar refractivity (Wildman–Crippen MR) is 102 cm³/mol. The topological polar surface area (TPSA) is 35.6 Å². The van der Waals surface area contributed by atoms with Crippen molar-refractivity contribution >= 4 is 5.91 Å². The van der Waals surface area contributed by atoms with Crippen molar-refractivity contribution in [2.45, 2.75) is 70.6 Å². The average molecular weight is 344 g/mol. The van der Waals surface area contributed by atoms with Crippen LogP contribution in [0.5, 0.6) is 0 Å². The van der Waals surface area contributed by atoms with Crippen molar-refractivity contribution in [3.05, 3.63) is 35.4 Å². The molecule has 2 aliphatic rings. The van der Waals surface area contributed by atoms with E-state index in [-0.39, 0.29) is 11.9 Å². The molecule has 1 atom stereocenters. The minimum absolute atomic E-state index is 0.0968. The summed E-state index contributed by atoms with van der Waals surface area (Å²) in [5, 5.41) is 3.23. The summed E-state index contributed by atoms with van der Waals surface area (Å²) >= 11 is 0. The second-order valence-corrected chi connectivity index (χ2v) is 7.83. The number of benzene rings is 1. The van der Waals surface area contributed by atoms with E-state index in [9.17, 15) is 4.79 Å². The van der Waals surface area contributed by atoms with Crippen LogP contribution in [0.1, 0.15) is 56.6 Å². The maximum Gasteiger partial charge on any atom is 0.237 e. The van der Waals surface area contributed by atoms with E-state index in [1.807, 2.05) is 6.92 Å². The third-order valence-corrected chi connectivity index (χ3v) is 5.87. The lowest BCUT2D eigenvalue weighted by Gasteiger charge is -2.27. The molecule has 0 bridgehead atoms. The van der Waals surface area contributed by atoms with Crippen molar-refractivity contribution in [3.8, 4) is 0 Å². The Balaban J connectivity index is 1.57. The Kier molecular flexibility index (Phi) is 6.49. The Morgan fingerprint density at radius 1 is 1.16 bits per heavy atom. The van der Waals surface area contributed by atoms with Gasteiger partial charge in [0, 0.05) is 19.1 Å². The molecule has 2 fully saturated rings. The Hall–Kier alpha value is -1.39. The van der Waals surface area contributed by atoms with Crippen LogP contribution in [0.4, 0.5) is 0 Å². The highest BCUT2D eigenvalue weighted by Gasteiger charge is 2.23. The molecule has 0 radical (unpaired) electrons. The first-order valence-corrected chi connectivity index (χ1v) is 9.93. The van der Waals surface area contributed by atoms with Crippen LogP contribution >= 0.6 is 0 Å². The van der Waals surface area contributed by atoms with E-state index in [0.717, 1.165) is 25.9 Å². The third-order valence-electron chi connectivity index (χ3n) is 5.87. The van der Waals surface area contributed by atoms with Gasteiger partial charge in [-0.3, -0.25) is 14.6 Å². The molecule has 0 aromatic heterocycles. The van der Waals surface area contributed by atoms with Crippen LogP contribution in [0.15, 0.2) is 24.3 Å². The molecule has 138 valence electrons. The molecule has 4 nitrogen and oxygen atoms in total. The van der Waals surface area contributed by atoms with Crippen molar-refractivity contribution in [1.82, 2.24) is 15.1 Å². The van der Waals surface area contributed by atoms with E-state index in [1.54, 1.807) is 0 Å². The van der Waals surface area contributed by atoms with Gasteiger partial charge in [0.25, 0.3) is 0 Å². The lowest BCUT2D eigenvalue weighted by Crippen LogP contribution is -2.46. The normalized spacial score (nSPS) is 20.3. The summed E-state index contributed by atoms with van der Waals surface area (Å²) in [6, 6.07) is 8.99. The molecule has 1 aliphatic carbocycles. The summed E-state index contributed by atoms with van der Waals surface area (Å²) < 4.78 is 0. The Bertz CT molecular complexity index is 562. The first kappa shape index (κ1) is 18.4. The smallest absolute Gasteiger partial charge is 0.237 e. The zero-order valence-corrected chi connectivity index (χ0v) is 15.8. The molecule has 1 heterocycles. The van der Waals surface area contributed by atoms with E-state index in [1.165, 1.54) is 49.9 Å². The molecule has 1 amide bonds. The van der Waals surface area contributed by atoms with Crippen molar-refractivity contribution < 1.29 is 4.79 Å². The summed E-state index contributed by atoms with van der Waals surface area (Å²) in [6.07, 6.45) is 7.42. The van der Waals surface area contributed by atoms with Gasteiger partial charge in [0.05, 0.1) is 6.04 Å². The van der Waals surface area contributed by atoms with Crippen LogP contribution in [0, 0.1) is 0 Å². The van der Waals surface area contributed by atoms with Gasteiger partial charge in [-0.25, -0.2) is 0 Å². The lowest BCUT2D eigenvalue weighted by molar-refractivity contribution is -0.126. The van der Waals surface area contributed by atoms with Gasteiger partial charge in [-0.15, -0.1) is 0 Å².